The normalized spacial score (nSPS) is 10.8. The van der Waals surface area contributed by atoms with E-state index in [1.807, 2.05) is 50.3 Å². The summed E-state index contributed by atoms with van der Waals surface area (Å²) in [6.45, 7) is 1.26. The van der Waals surface area contributed by atoms with E-state index in [1.165, 1.54) is 0 Å². The van der Waals surface area contributed by atoms with Crippen LogP contribution in [0.3, 0.4) is 0 Å². The third-order valence-corrected chi connectivity index (χ3v) is 4.70. The molecule has 0 aliphatic heterocycles. The number of likely N-dealkylation sites (N-methyl/N-ethyl adjacent to an activating group) is 1. The first kappa shape index (κ1) is 25.8. The summed E-state index contributed by atoms with van der Waals surface area (Å²) >= 11 is 0. The number of aliphatic imine (C=N–C) groups is 1. The molecular weight excluding hydrogens is 498 g/mol. The summed E-state index contributed by atoms with van der Waals surface area (Å²) in [6.07, 6.45) is 0.823. The number of nitrogens with one attached hydrogen (secondary N) is 1. The summed E-state index contributed by atoms with van der Waals surface area (Å²) in [6, 6.07) is 11.2. The van der Waals surface area contributed by atoms with Gasteiger partial charge >= 0.3 is 0 Å². The molecular formula is C22H32FIN4O2. The number of ether oxygens (including phenoxy) is 2. The van der Waals surface area contributed by atoms with Crippen molar-refractivity contribution < 1.29 is 13.9 Å². The summed E-state index contributed by atoms with van der Waals surface area (Å²) in [7, 11) is 10.6. The number of rotatable bonds is 8. The van der Waals surface area contributed by atoms with Gasteiger partial charge in [-0.1, -0.05) is 12.1 Å². The van der Waals surface area contributed by atoms with Gasteiger partial charge in [-0.15, -0.1) is 24.0 Å². The Bertz CT molecular complexity index is 846. The Morgan fingerprint density at radius 1 is 1.00 bits per heavy atom. The molecule has 30 heavy (non-hydrogen) atoms. The van der Waals surface area contributed by atoms with Gasteiger partial charge in [0.15, 0.2) is 17.5 Å². The molecule has 0 radical (unpaired) electrons. The zero-order valence-electron chi connectivity index (χ0n) is 18.5. The van der Waals surface area contributed by atoms with Gasteiger partial charge in [0.1, 0.15) is 5.82 Å². The third kappa shape index (κ3) is 6.93. The molecule has 0 saturated carbocycles. The van der Waals surface area contributed by atoms with Gasteiger partial charge in [-0.25, -0.2) is 4.39 Å². The van der Waals surface area contributed by atoms with E-state index in [0.717, 1.165) is 41.6 Å². The summed E-state index contributed by atoms with van der Waals surface area (Å²) in [4.78, 5) is 8.13. The van der Waals surface area contributed by atoms with E-state index in [1.54, 1.807) is 38.3 Å². The first-order valence-electron chi connectivity index (χ1n) is 9.48. The molecule has 0 fully saturated rings. The van der Waals surface area contributed by atoms with Crippen molar-refractivity contribution in [2.24, 2.45) is 4.99 Å². The Hall–Kier alpha value is -2.23. The van der Waals surface area contributed by atoms with Crippen LogP contribution in [0.25, 0.3) is 0 Å². The van der Waals surface area contributed by atoms with Crippen LogP contribution in [0.5, 0.6) is 11.5 Å². The third-order valence-electron chi connectivity index (χ3n) is 4.70. The van der Waals surface area contributed by atoms with Gasteiger partial charge in [0, 0.05) is 41.3 Å². The summed E-state index contributed by atoms with van der Waals surface area (Å²) in [5, 5.41) is 3.29. The molecule has 2 aromatic rings. The second-order valence-corrected chi connectivity index (χ2v) is 6.94. The van der Waals surface area contributed by atoms with Gasteiger partial charge in [-0.05, 0) is 41.8 Å². The maximum atomic E-state index is 14.2. The van der Waals surface area contributed by atoms with Crippen molar-refractivity contribution in [2.75, 3.05) is 53.9 Å². The molecule has 0 unspecified atom stereocenters. The molecule has 0 heterocycles. The summed E-state index contributed by atoms with van der Waals surface area (Å²) in [5.41, 5.74) is 2.58. The van der Waals surface area contributed by atoms with Crippen LogP contribution in [0.2, 0.25) is 0 Å². The fourth-order valence-electron chi connectivity index (χ4n) is 3.03. The van der Waals surface area contributed by atoms with E-state index in [4.69, 9.17) is 9.47 Å². The van der Waals surface area contributed by atoms with E-state index >= 15 is 0 Å². The molecule has 0 atom stereocenters. The van der Waals surface area contributed by atoms with Crippen LogP contribution >= 0.6 is 24.0 Å². The first-order chi connectivity index (χ1) is 13.9. The number of halogens is 2. The molecule has 0 amide bonds. The van der Waals surface area contributed by atoms with Gasteiger partial charge in [0.05, 0.1) is 19.9 Å². The highest BCUT2D eigenvalue weighted by Gasteiger charge is 2.10. The Labute approximate surface area is 196 Å². The lowest BCUT2D eigenvalue weighted by Gasteiger charge is -2.22. The average molecular weight is 530 g/mol. The highest BCUT2D eigenvalue weighted by Crippen LogP contribution is 2.27. The Morgan fingerprint density at radius 2 is 1.67 bits per heavy atom. The number of nitrogens with zero attached hydrogens (tertiary/aromatic N) is 3. The van der Waals surface area contributed by atoms with Crippen LogP contribution in [0.1, 0.15) is 11.1 Å². The Balaban J connectivity index is 0.00000450. The minimum Gasteiger partial charge on any atom is -0.493 e. The van der Waals surface area contributed by atoms with E-state index in [0.29, 0.717) is 12.2 Å². The van der Waals surface area contributed by atoms with Crippen molar-refractivity contribution >= 4 is 35.6 Å². The average Bonchev–Trinajstić information content (AvgIpc) is 2.72. The van der Waals surface area contributed by atoms with Crippen LogP contribution in [0.4, 0.5) is 10.1 Å². The molecule has 0 bridgehead atoms. The lowest BCUT2D eigenvalue weighted by atomic mass is 10.1. The predicted octanol–water partition coefficient (Wildman–Crippen LogP) is 3.78. The van der Waals surface area contributed by atoms with Crippen LogP contribution in [-0.4, -0.2) is 59.8 Å². The van der Waals surface area contributed by atoms with E-state index < -0.39 is 0 Å². The molecule has 2 aromatic carbocycles. The molecule has 1 N–H and O–H groups in total. The molecule has 6 nitrogen and oxygen atoms in total. The number of guanidine groups is 1. The quantitative estimate of drug-likeness (QED) is 0.320. The largest absolute Gasteiger partial charge is 0.493 e. The molecule has 0 saturated heterocycles. The predicted molar refractivity (Wildman–Crippen MR) is 132 cm³/mol. The van der Waals surface area contributed by atoms with Crippen LogP contribution in [-0.2, 0) is 13.0 Å². The van der Waals surface area contributed by atoms with E-state index in [2.05, 4.69) is 10.3 Å². The van der Waals surface area contributed by atoms with Gasteiger partial charge in [-0.2, -0.15) is 0 Å². The molecule has 0 spiro atoms. The van der Waals surface area contributed by atoms with E-state index in [-0.39, 0.29) is 29.8 Å². The maximum absolute atomic E-state index is 14.2. The van der Waals surface area contributed by atoms with Crippen molar-refractivity contribution in [3.05, 3.63) is 53.3 Å². The molecule has 0 aliphatic rings. The SMILES string of the molecule is CN=C(NCc1ccc(N(C)C)c(F)c1)N(C)CCc1ccc(OC)c(OC)c1.I. The van der Waals surface area contributed by atoms with Gasteiger partial charge < -0.3 is 24.6 Å². The topological polar surface area (TPSA) is 49.3 Å². The van der Waals surface area contributed by atoms with Crippen molar-refractivity contribution in [3.63, 3.8) is 0 Å². The maximum Gasteiger partial charge on any atom is 0.193 e. The molecule has 2 rings (SSSR count). The second kappa shape index (κ2) is 12.5. The number of hydrogen-bond donors (Lipinski definition) is 1. The smallest absolute Gasteiger partial charge is 0.193 e. The van der Waals surface area contributed by atoms with Crippen LogP contribution in [0.15, 0.2) is 41.4 Å². The number of methoxy groups -OCH3 is 2. The van der Waals surface area contributed by atoms with Crippen molar-refractivity contribution in [1.29, 1.82) is 0 Å². The lowest BCUT2D eigenvalue weighted by Crippen LogP contribution is -2.39. The Morgan fingerprint density at radius 3 is 2.23 bits per heavy atom. The Kier molecular flexibility index (Phi) is 10.7. The van der Waals surface area contributed by atoms with E-state index in [9.17, 15) is 4.39 Å². The molecule has 8 heteroatoms. The monoisotopic (exact) mass is 530 g/mol. The summed E-state index contributed by atoms with van der Waals surface area (Å²) < 4.78 is 24.8. The minimum absolute atomic E-state index is 0. The van der Waals surface area contributed by atoms with Gasteiger partial charge in [0.25, 0.3) is 0 Å². The first-order valence-corrected chi connectivity index (χ1v) is 9.48. The lowest BCUT2D eigenvalue weighted by molar-refractivity contribution is 0.354. The zero-order chi connectivity index (χ0) is 21.4. The number of hydrogen-bond acceptors (Lipinski definition) is 4. The van der Waals surface area contributed by atoms with Crippen molar-refractivity contribution in [3.8, 4) is 11.5 Å². The standard InChI is InChI=1S/C22H31FN4O2.HI/c1-24-22(25-15-17-7-9-19(26(2)3)18(23)13-17)27(4)12-11-16-8-10-20(28-5)21(14-16)29-6;/h7-10,13-14H,11-12,15H2,1-6H3,(H,24,25);1H. The van der Waals surface area contributed by atoms with Gasteiger partial charge in [0.2, 0.25) is 0 Å². The number of anilines is 1. The van der Waals surface area contributed by atoms with Crippen LogP contribution in [0, 0.1) is 5.82 Å². The van der Waals surface area contributed by atoms with Crippen molar-refractivity contribution in [2.45, 2.75) is 13.0 Å². The highest BCUT2D eigenvalue weighted by atomic mass is 127. The zero-order valence-corrected chi connectivity index (χ0v) is 20.9. The molecule has 0 aliphatic carbocycles. The van der Waals surface area contributed by atoms with Crippen molar-refractivity contribution in [1.82, 2.24) is 10.2 Å². The van der Waals surface area contributed by atoms with Crippen LogP contribution < -0.4 is 19.7 Å². The van der Waals surface area contributed by atoms with Gasteiger partial charge in [-0.3, -0.25) is 4.99 Å². The second-order valence-electron chi connectivity index (χ2n) is 6.94. The fraction of sp³-hybridized carbons (Fsp3) is 0.409. The molecule has 166 valence electrons. The minimum atomic E-state index is -0.230. The fourth-order valence-corrected chi connectivity index (χ4v) is 3.03. The molecule has 0 aromatic heterocycles. The summed E-state index contributed by atoms with van der Waals surface area (Å²) in [5.74, 6) is 1.96. The number of benzene rings is 2. The highest BCUT2D eigenvalue weighted by molar-refractivity contribution is 14.0.